The molecule has 2 nitrogen and oxygen atoms in total. The largest absolute Gasteiger partial charge is 0.300 e. The Bertz CT molecular complexity index is 101. The van der Waals surface area contributed by atoms with E-state index in [1.807, 2.05) is 0 Å². The molecule has 0 N–H and O–H groups in total. The first-order valence-corrected chi connectivity index (χ1v) is 3.23. The molecule has 2 aliphatic rings. The standard InChI is InChI=1S/C6H11N2/c1-8-4-5-2-6(8)3-7-5/h5-6H,2-4H2,1H3/t5-,6-/m0/s1. The molecular formula is C6H11N2. The third-order valence-corrected chi connectivity index (χ3v) is 2.24. The normalized spacial score (nSPS) is 46.1. The van der Waals surface area contributed by atoms with Crippen LogP contribution in [0.3, 0.4) is 0 Å². The maximum atomic E-state index is 4.41. The lowest BCUT2D eigenvalue weighted by Gasteiger charge is -2.20. The van der Waals surface area contributed by atoms with E-state index < -0.39 is 0 Å². The van der Waals surface area contributed by atoms with Crippen LogP contribution in [0, 0.1) is 0 Å². The molecule has 0 aliphatic carbocycles. The second kappa shape index (κ2) is 1.45. The average Bonchev–Trinajstić information content (AvgIpc) is 2.23. The first kappa shape index (κ1) is 4.77. The fourth-order valence-corrected chi connectivity index (χ4v) is 1.67. The summed E-state index contributed by atoms with van der Waals surface area (Å²) in [6.07, 6.45) is 1.33. The van der Waals surface area contributed by atoms with Crippen LogP contribution in [0.4, 0.5) is 0 Å². The van der Waals surface area contributed by atoms with Gasteiger partial charge in [0.05, 0.1) is 0 Å². The van der Waals surface area contributed by atoms with E-state index in [-0.39, 0.29) is 0 Å². The van der Waals surface area contributed by atoms with Gasteiger partial charge in [-0.05, 0) is 13.5 Å². The summed E-state index contributed by atoms with van der Waals surface area (Å²) in [4.78, 5) is 2.41. The maximum Gasteiger partial charge on any atom is 0.0389 e. The molecule has 0 aromatic carbocycles. The van der Waals surface area contributed by atoms with Gasteiger partial charge in [-0.25, -0.2) is 5.32 Å². The lowest BCUT2D eigenvalue weighted by atomic mass is 10.2. The van der Waals surface area contributed by atoms with Gasteiger partial charge in [0.2, 0.25) is 0 Å². The van der Waals surface area contributed by atoms with Crippen molar-refractivity contribution in [3.63, 3.8) is 0 Å². The van der Waals surface area contributed by atoms with E-state index in [1.54, 1.807) is 0 Å². The van der Waals surface area contributed by atoms with E-state index in [0.717, 1.165) is 12.6 Å². The molecule has 45 valence electrons. The van der Waals surface area contributed by atoms with Crippen LogP contribution in [-0.2, 0) is 0 Å². The molecule has 1 radical (unpaired) electrons. The van der Waals surface area contributed by atoms with E-state index in [2.05, 4.69) is 17.3 Å². The van der Waals surface area contributed by atoms with E-state index in [0.29, 0.717) is 6.04 Å². The van der Waals surface area contributed by atoms with Crippen molar-refractivity contribution < 1.29 is 0 Å². The number of likely N-dealkylation sites (N-methyl/N-ethyl adjacent to an activating group) is 1. The first-order chi connectivity index (χ1) is 3.86. The van der Waals surface area contributed by atoms with Crippen LogP contribution in [0.15, 0.2) is 0 Å². The highest BCUT2D eigenvalue weighted by Gasteiger charge is 2.35. The van der Waals surface area contributed by atoms with Gasteiger partial charge in [-0.15, -0.1) is 0 Å². The Labute approximate surface area is 49.9 Å². The van der Waals surface area contributed by atoms with Gasteiger partial charge in [0, 0.05) is 25.2 Å². The first-order valence-electron chi connectivity index (χ1n) is 3.23. The SMILES string of the molecule is CN1C[C@@H]2C[C@H]1C[N]2. The number of hydrogen-bond acceptors (Lipinski definition) is 1. The third kappa shape index (κ3) is 0.501. The summed E-state index contributed by atoms with van der Waals surface area (Å²) in [5.74, 6) is 0. The number of hydrogen-bond donors (Lipinski definition) is 0. The average molecular weight is 111 g/mol. The number of piperazine rings is 1. The molecule has 2 saturated heterocycles. The Kier molecular flexibility index (Phi) is 0.866. The van der Waals surface area contributed by atoms with Crippen molar-refractivity contribution in [2.24, 2.45) is 0 Å². The number of likely N-dealkylation sites (tertiary alicyclic amines) is 1. The molecule has 2 aliphatic heterocycles. The van der Waals surface area contributed by atoms with Crippen LogP contribution in [-0.4, -0.2) is 37.1 Å². The molecule has 2 heterocycles. The molecule has 0 amide bonds. The molecule has 0 saturated carbocycles. The van der Waals surface area contributed by atoms with Gasteiger partial charge >= 0.3 is 0 Å². The van der Waals surface area contributed by atoms with Gasteiger partial charge in [0.15, 0.2) is 0 Å². The van der Waals surface area contributed by atoms with Crippen molar-refractivity contribution in [2.75, 3.05) is 20.1 Å². The Hall–Kier alpha value is -0.0800. The fraction of sp³-hybridized carbons (Fsp3) is 1.00. The number of fused-ring (bicyclic) bond motifs is 2. The highest BCUT2D eigenvalue weighted by molar-refractivity contribution is 4.95. The minimum Gasteiger partial charge on any atom is -0.300 e. The van der Waals surface area contributed by atoms with Crippen molar-refractivity contribution in [3.8, 4) is 0 Å². The van der Waals surface area contributed by atoms with E-state index >= 15 is 0 Å². The summed E-state index contributed by atoms with van der Waals surface area (Å²) in [5.41, 5.74) is 0. The van der Waals surface area contributed by atoms with Crippen LogP contribution in [0.5, 0.6) is 0 Å². The summed E-state index contributed by atoms with van der Waals surface area (Å²) in [6, 6.07) is 1.50. The predicted molar refractivity (Wildman–Crippen MR) is 31.8 cm³/mol. The molecule has 0 aromatic heterocycles. The van der Waals surface area contributed by atoms with Crippen LogP contribution < -0.4 is 5.32 Å². The van der Waals surface area contributed by atoms with Crippen molar-refractivity contribution in [1.82, 2.24) is 10.2 Å². The lowest BCUT2D eigenvalue weighted by Crippen LogP contribution is -2.37. The molecule has 2 atom stereocenters. The van der Waals surface area contributed by atoms with Crippen LogP contribution >= 0.6 is 0 Å². The molecular weight excluding hydrogens is 100 g/mol. The lowest BCUT2D eigenvalue weighted by molar-refractivity contribution is 0.273. The van der Waals surface area contributed by atoms with Gasteiger partial charge in [-0.3, -0.25) is 0 Å². The smallest absolute Gasteiger partial charge is 0.0389 e. The Morgan fingerprint density at radius 2 is 2.50 bits per heavy atom. The Balaban J connectivity index is 2.11. The Morgan fingerprint density at radius 1 is 1.62 bits per heavy atom. The van der Waals surface area contributed by atoms with Crippen molar-refractivity contribution >= 4 is 0 Å². The number of rotatable bonds is 0. The molecule has 0 spiro atoms. The number of nitrogens with zero attached hydrogens (tertiary/aromatic N) is 2. The summed E-state index contributed by atoms with van der Waals surface area (Å²) < 4.78 is 0. The van der Waals surface area contributed by atoms with Crippen molar-refractivity contribution in [3.05, 3.63) is 0 Å². The van der Waals surface area contributed by atoms with Crippen LogP contribution in [0.2, 0.25) is 0 Å². The maximum absolute atomic E-state index is 4.41. The monoisotopic (exact) mass is 111 g/mol. The minimum atomic E-state index is 0.699. The molecule has 2 fully saturated rings. The highest BCUT2D eigenvalue weighted by Crippen LogP contribution is 2.21. The Morgan fingerprint density at radius 3 is 2.75 bits per heavy atom. The van der Waals surface area contributed by atoms with Gasteiger partial charge in [0.25, 0.3) is 0 Å². The minimum absolute atomic E-state index is 0.699. The van der Waals surface area contributed by atoms with Gasteiger partial charge in [-0.2, -0.15) is 0 Å². The van der Waals surface area contributed by atoms with Crippen LogP contribution in [0.25, 0.3) is 0 Å². The zero-order valence-corrected chi connectivity index (χ0v) is 5.17. The highest BCUT2D eigenvalue weighted by atomic mass is 15.3. The molecule has 0 unspecified atom stereocenters. The molecule has 2 heteroatoms. The molecule has 2 bridgehead atoms. The quantitative estimate of drug-likeness (QED) is 0.418. The predicted octanol–water partition coefficient (Wildman–Crippen LogP) is -0.323. The summed E-state index contributed by atoms with van der Waals surface area (Å²) in [7, 11) is 2.19. The van der Waals surface area contributed by atoms with Gasteiger partial charge in [0.1, 0.15) is 0 Å². The van der Waals surface area contributed by atoms with Crippen molar-refractivity contribution in [2.45, 2.75) is 18.5 Å². The second-order valence-electron chi connectivity index (χ2n) is 2.85. The van der Waals surface area contributed by atoms with Crippen LogP contribution in [0.1, 0.15) is 6.42 Å². The van der Waals surface area contributed by atoms with Gasteiger partial charge < -0.3 is 4.90 Å². The summed E-state index contributed by atoms with van der Waals surface area (Å²) in [6.45, 7) is 2.31. The fourth-order valence-electron chi connectivity index (χ4n) is 1.67. The second-order valence-corrected chi connectivity index (χ2v) is 2.85. The topological polar surface area (TPSA) is 17.3 Å². The molecule has 0 aromatic rings. The third-order valence-electron chi connectivity index (χ3n) is 2.24. The molecule has 2 rings (SSSR count). The zero-order valence-electron chi connectivity index (χ0n) is 5.17. The van der Waals surface area contributed by atoms with E-state index in [9.17, 15) is 0 Å². The van der Waals surface area contributed by atoms with E-state index in [4.69, 9.17) is 0 Å². The molecule has 8 heavy (non-hydrogen) atoms. The van der Waals surface area contributed by atoms with Crippen molar-refractivity contribution in [1.29, 1.82) is 0 Å². The van der Waals surface area contributed by atoms with E-state index in [1.165, 1.54) is 13.0 Å². The zero-order chi connectivity index (χ0) is 5.56. The summed E-state index contributed by atoms with van der Waals surface area (Å²) >= 11 is 0. The van der Waals surface area contributed by atoms with Gasteiger partial charge in [-0.1, -0.05) is 0 Å². The summed E-state index contributed by atoms with van der Waals surface area (Å²) in [5, 5.41) is 4.41.